The fraction of sp³-hybridized carbons (Fsp3) is 0.409. The van der Waals surface area contributed by atoms with Gasteiger partial charge < -0.3 is 9.80 Å². The molecule has 0 saturated heterocycles. The summed E-state index contributed by atoms with van der Waals surface area (Å²) in [6, 6.07) is 12.1. The number of hydrogen-bond donors (Lipinski definition) is 0. The number of nitrogens with zero attached hydrogens (tertiary/aromatic N) is 4. The van der Waals surface area contributed by atoms with E-state index in [2.05, 4.69) is 47.2 Å². The lowest BCUT2D eigenvalue weighted by atomic mass is 10.1. The number of hydrogen-bond acceptors (Lipinski definition) is 4. The van der Waals surface area contributed by atoms with Gasteiger partial charge in [-0.2, -0.15) is 0 Å². The minimum atomic E-state index is -2.32. The highest BCUT2D eigenvalue weighted by Crippen LogP contribution is 2.32. The van der Waals surface area contributed by atoms with Crippen LogP contribution in [0.5, 0.6) is 0 Å². The zero-order valence-electron chi connectivity index (χ0n) is 18.1. The molecule has 28 heavy (non-hydrogen) atoms. The third kappa shape index (κ3) is 5.13. The first kappa shape index (κ1) is 22.0. The summed E-state index contributed by atoms with van der Waals surface area (Å²) in [4.78, 5) is 9.57. The van der Waals surface area contributed by atoms with Crippen molar-refractivity contribution in [3.8, 4) is 0 Å². The molecule has 1 unspecified atom stereocenters. The van der Waals surface area contributed by atoms with Gasteiger partial charge in [-0.15, -0.1) is 0 Å². The standard InChI is InChI=1S/C22H32N4OS/c1-8-24-28(7,27)20-12-10-19(11-13-20)26(6)22-15-17(3)21(14-18(22)4)23-16-25(5)9-2/h10-16H,8-9H2,1-7H3. The van der Waals surface area contributed by atoms with Crippen LogP contribution in [0.25, 0.3) is 0 Å². The van der Waals surface area contributed by atoms with Gasteiger partial charge in [-0.1, -0.05) is 0 Å². The molecule has 0 aliphatic heterocycles. The molecule has 0 amide bonds. The fourth-order valence-corrected chi connectivity index (χ4v) is 4.19. The van der Waals surface area contributed by atoms with Gasteiger partial charge in [0.25, 0.3) is 0 Å². The molecular weight excluding hydrogens is 368 g/mol. The van der Waals surface area contributed by atoms with E-state index in [1.807, 2.05) is 56.5 Å². The Labute approximate surface area is 170 Å². The number of rotatable bonds is 7. The normalized spacial score (nSPS) is 13.4. The maximum Gasteiger partial charge on any atom is 0.0909 e. The maximum absolute atomic E-state index is 12.6. The van der Waals surface area contributed by atoms with Gasteiger partial charge in [0.1, 0.15) is 0 Å². The average molecular weight is 401 g/mol. The predicted molar refractivity (Wildman–Crippen MR) is 122 cm³/mol. The molecule has 0 aliphatic carbocycles. The van der Waals surface area contributed by atoms with E-state index in [4.69, 9.17) is 0 Å². The van der Waals surface area contributed by atoms with Crippen LogP contribution in [0, 0.1) is 13.8 Å². The molecule has 1 atom stereocenters. The Balaban J connectivity index is 2.33. The Kier molecular flexibility index (Phi) is 7.24. The quantitative estimate of drug-likeness (QED) is 0.476. The predicted octanol–water partition coefficient (Wildman–Crippen LogP) is 5.16. The van der Waals surface area contributed by atoms with Crippen molar-refractivity contribution in [2.24, 2.45) is 9.36 Å². The van der Waals surface area contributed by atoms with E-state index >= 15 is 0 Å². The molecule has 0 saturated carbocycles. The number of aliphatic imine (C=N–C) groups is 1. The fourth-order valence-electron chi connectivity index (χ4n) is 2.91. The van der Waals surface area contributed by atoms with Crippen LogP contribution in [0.4, 0.5) is 17.1 Å². The van der Waals surface area contributed by atoms with Crippen LogP contribution in [-0.2, 0) is 9.73 Å². The minimum Gasteiger partial charge on any atom is -0.366 e. The van der Waals surface area contributed by atoms with Crippen molar-refractivity contribution in [2.45, 2.75) is 32.6 Å². The Hall–Kier alpha value is -2.34. The molecule has 0 fully saturated rings. The van der Waals surface area contributed by atoms with Crippen molar-refractivity contribution in [3.63, 3.8) is 0 Å². The van der Waals surface area contributed by atoms with Crippen LogP contribution >= 0.6 is 0 Å². The monoisotopic (exact) mass is 400 g/mol. The largest absolute Gasteiger partial charge is 0.366 e. The number of anilines is 2. The highest BCUT2D eigenvalue weighted by Gasteiger charge is 2.12. The maximum atomic E-state index is 12.6. The first-order valence-corrected chi connectivity index (χ1v) is 11.5. The lowest BCUT2D eigenvalue weighted by Crippen LogP contribution is -2.14. The molecule has 0 radical (unpaired) electrons. The molecule has 0 bridgehead atoms. The zero-order chi connectivity index (χ0) is 20.9. The van der Waals surface area contributed by atoms with E-state index in [9.17, 15) is 4.21 Å². The average Bonchev–Trinajstić information content (AvgIpc) is 2.67. The van der Waals surface area contributed by atoms with Crippen LogP contribution in [0.3, 0.4) is 0 Å². The van der Waals surface area contributed by atoms with E-state index in [0.29, 0.717) is 6.54 Å². The summed E-state index contributed by atoms with van der Waals surface area (Å²) in [6.07, 6.45) is 3.56. The van der Waals surface area contributed by atoms with Crippen LogP contribution in [-0.4, -0.2) is 48.9 Å². The number of benzene rings is 2. The molecule has 0 heterocycles. The molecule has 2 rings (SSSR count). The van der Waals surface area contributed by atoms with Gasteiger partial charge in [0.15, 0.2) is 0 Å². The van der Waals surface area contributed by atoms with Crippen molar-refractivity contribution < 1.29 is 4.21 Å². The number of aryl methyl sites for hydroxylation is 2. The van der Waals surface area contributed by atoms with Gasteiger partial charge in [0.05, 0.1) is 21.8 Å². The Morgan fingerprint density at radius 1 is 1.04 bits per heavy atom. The van der Waals surface area contributed by atoms with E-state index in [1.165, 1.54) is 0 Å². The summed E-state index contributed by atoms with van der Waals surface area (Å²) in [6.45, 7) is 9.66. The highest BCUT2D eigenvalue weighted by atomic mass is 32.2. The second kappa shape index (κ2) is 9.24. The van der Waals surface area contributed by atoms with Gasteiger partial charge in [0.2, 0.25) is 0 Å². The van der Waals surface area contributed by atoms with Crippen molar-refractivity contribution in [3.05, 3.63) is 47.5 Å². The molecule has 0 aromatic heterocycles. The summed E-state index contributed by atoms with van der Waals surface area (Å²) < 4.78 is 16.8. The zero-order valence-corrected chi connectivity index (χ0v) is 18.9. The SMILES string of the molecule is CCN=S(C)(=O)c1ccc(N(C)c2cc(C)c(N=CN(C)CC)cc2C)cc1. The molecule has 0 spiro atoms. The van der Waals surface area contributed by atoms with Gasteiger partial charge in [-0.3, -0.25) is 0 Å². The van der Waals surface area contributed by atoms with Crippen molar-refractivity contribution in [1.82, 2.24) is 4.90 Å². The first-order chi connectivity index (χ1) is 13.2. The Morgan fingerprint density at radius 3 is 2.25 bits per heavy atom. The Bertz CT molecular complexity index is 957. The van der Waals surface area contributed by atoms with Crippen molar-refractivity contribution in [2.75, 3.05) is 38.3 Å². The van der Waals surface area contributed by atoms with Gasteiger partial charge in [-0.25, -0.2) is 13.6 Å². The summed E-state index contributed by atoms with van der Waals surface area (Å²) in [5, 5.41) is 0. The molecule has 2 aromatic rings. The van der Waals surface area contributed by atoms with Crippen LogP contribution in [0.15, 0.2) is 50.6 Å². The van der Waals surface area contributed by atoms with Gasteiger partial charge >= 0.3 is 0 Å². The molecule has 5 nitrogen and oxygen atoms in total. The molecule has 152 valence electrons. The van der Waals surface area contributed by atoms with Crippen molar-refractivity contribution >= 4 is 33.1 Å². The van der Waals surface area contributed by atoms with Gasteiger partial charge in [0, 0.05) is 49.7 Å². The lowest BCUT2D eigenvalue weighted by Gasteiger charge is -2.23. The van der Waals surface area contributed by atoms with E-state index < -0.39 is 9.73 Å². The van der Waals surface area contributed by atoms with E-state index in [0.717, 1.165) is 39.6 Å². The second-order valence-corrected chi connectivity index (χ2v) is 9.38. The first-order valence-electron chi connectivity index (χ1n) is 9.57. The van der Waals surface area contributed by atoms with E-state index in [1.54, 1.807) is 6.26 Å². The Morgan fingerprint density at radius 2 is 1.68 bits per heavy atom. The highest BCUT2D eigenvalue weighted by molar-refractivity contribution is 7.93. The van der Waals surface area contributed by atoms with Gasteiger partial charge in [-0.05, 0) is 75.2 Å². The molecule has 0 aliphatic rings. The lowest BCUT2D eigenvalue weighted by molar-refractivity contribution is 0.552. The second-order valence-electron chi connectivity index (χ2n) is 7.04. The summed E-state index contributed by atoms with van der Waals surface area (Å²) in [7, 11) is 1.74. The minimum absolute atomic E-state index is 0.554. The van der Waals surface area contributed by atoms with Crippen LogP contribution in [0.2, 0.25) is 0 Å². The van der Waals surface area contributed by atoms with E-state index in [-0.39, 0.29) is 0 Å². The smallest absolute Gasteiger partial charge is 0.0909 e. The topological polar surface area (TPSA) is 48.3 Å². The summed E-state index contributed by atoms with van der Waals surface area (Å²) in [5.41, 5.74) is 5.44. The van der Waals surface area contributed by atoms with Crippen LogP contribution < -0.4 is 4.90 Å². The third-order valence-corrected chi connectivity index (χ3v) is 6.70. The molecule has 0 N–H and O–H groups in total. The molecule has 2 aromatic carbocycles. The summed E-state index contributed by atoms with van der Waals surface area (Å²) >= 11 is 0. The third-order valence-electron chi connectivity index (χ3n) is 4.81. The molecule has 6 heteroatoms. The summed E-state index contributed by atoms with van der Waals surface area (Å²) in [5.74, 6) is 0. The van der Waals surface area contributed by atoms with Crippen LogP contribution in [0.1, 0.15) is 25.0 Å². The van der Waals surface area contributed by atoms with Crippen molar-refractivity contribution in [1.29, 1.82) is 0 Å². The molecular formula is C22H32N4OS.